The zero-order chi connectivity index (χ0) is 24.5. The van der Waals surface area contributed by atoms with Gasteiger partial charge in [0.25, 0.3) is 11.6 Å². The van der Waals surface area contributed by atoms with Gasteiger partial charge in [0.15, 0.2) is 5.58 Å². The number of amides is 1. The molecule has 0 aliphatic carbocycles. The fraction of sp³-hybridized carbons (Fsp3) is 0.200. The molecule has 0 unspecified atom stereocenters. The van der Waals surface area contributed by atoms with E-state index in [0.717, 1.165) is 0 Å². The van der Waals surface area contributed by atoms with Crippen molar-refractivity contribution >= 4 is 34.1 Å². The van der Waals surface area contributed by atoms with E-state index in [2.05, 4.69) is 10.3 Å². The van der Waals surface area contributed by atoms with Crippen LogP contribution in [0.15, 0.2) is 59.0 Å². The predicted octanol–water partition coefficient (Wildman–Crippen LogP) is 4.51. The molecule has 0 atom stereocenters. The van der Waals surface area contributed by atoms with Crippen LogP contribution in [-0.4, -0.2) is 47.2 Å². The van der Waals surface area contributed by atoms with Crippen LogP contribution in [0.4, 0.5) is 17.1 Å². The van der Waals surface area contributed by atoms with E-state index < -0.39 is 10.8 Å². The van der Waals surface area contributed by atoms with Crippen molar-refractivity contribution in [2.24, 2.45) is 0 Å². The smallest absolute Gasteiger partial charge is 0.270 e. The Kier molecular flexibility index (Phi) is 5.79. The lowest BCUT2D eigenvalue weighted by atomic mass is 10.1. The number of nitro benzene ring substituents is 1. The van der Waals surface area contributed by atoms with Gasteiger partial charge in [-0.3, -0.25) is 14.9 Å². The number of ether oxygens (including phenoxy) is 1. The Labute approximate surface area is 199 Å². The number of carbonyl (C=O) groups excluding carboxylic acids is 1. The number of phenols is 1. The summed E-state index contributed by atoms with van der Waals surface area (Å²) < 4.78 is 11.2. The van der Waals surface area contributed by atoms with Gasteiger partial charge in [0.05, 0.1) is 35.0 Å². The number of nitrogens with zero attached hydrogens (tertiary/aromatic N) is 3. The Hall–Kier alpha value is -4.44. The quantitative estimate of drug-likeness (QED) is 0.245. The zero-order valence-corrected chi connectivity index (χ0v) is 18.9. The van der Waals surface area contributed by atoms with Gasteiger partial charge in [-0.15, -0.1) is 0 Å². The number of aromatic nitrogens is 1. The number of rotatable bonds is 5. The summed E-state index contributed by atoms with van der Waals surface area (Å²) in [6.07, 6.45) is 0. The predicted molar refractivity (Wildman–Crippen MR) is 130 cm³/mol. The number of benzene rings is 3. The molecule has 0 spiro atoms. The molecule has 2 heterocycles. The van der Waals surface area contributed by atoms with Gasteiger partial charge >= 0.3 is 0 Å². The second-order valence-electron chi connectivity index (χ2n) is 8.19. The summed E-state index contributed by atoms with van der Waals surface area (Å²) in [7, 11) is 0. The molecule has 10 nitrogen and oxygen atoms in total. The number of carbonyl (C=O) groups is 1. The molecule has 5 rings (SSSR count). The molecule has 1 saturated heterocycles. The van der Waals surface area contributed by atoms with Crippen LogP contribution in [-0.2, 0) is 4.74 Å². The minimum absolute atomic E-state index is 0.0149. The summed E-state index contributed by atoms with van der Waals surface area (Å²) in [4.78, 5) is 30.6. The van der Waals surface area contributed by atoms with Gasteiger partial charge in [-0.05, 0) is 42.8 Å². The monoisotopic (exact) mass is 474 g/mol. The Morgan fingerprint density at radius 1 is 1.14 bits per heavy atom. The molecule has 0 bridgehead atoms. The van der Waals surface area contributed by atoms with Gasteiger partial charge in [-0.2, -0.15) is 0 Å². The number of non-ortho nitro benzene ring substituents is 1. The number of morpholine rings is 1. The average molecular weight is 474 g/mol. The second-order valence-corrected chi connectivity index (χ2v) is 8.19. The van der Waals surface area contributed by atoms with E-state index in [9.17, 15) is 20.0 Å². The van der Waals surface area contributed by atoms with Crippen molar-refractivity contribution in [1.82, 2.24) is 4.98 Å². The largest absolute Gasteiger partial charge is 0.507 e. The first-order valence-corrected chi connectivity index (χ1v) is 11.0. The van der Waals surface area contributed by atoms with Gasteiger partial charge in [-0.25, -0.2) is 4.98 Å². The second kappa shape index (κ2) is 9.07. The molecule has 1 aromatic heterocycles. The fourth-order valence-electron chi connectivity index (χ4n) is 4.10. The maximum Gasteiger partial charge on any atom is 0.270 e. The van der Waals surface area contributed by atoms with Gasteiger partial charge < -0.3 is 24.5 Å². The first kappa shape index (κ1) is 22.4. The highest BCUT2D eigenvalue weighted by molar-refractivity contribution is 6.09. The number of para-hydroxylation sites is 2. The SMILES string of the molecule is Cc1cc(NC(=O)c2cc([N+](=O)[O-])ccc2N2CCOCC2)cc(-c2nc3ccccc3o2)c1O. The summed E-state index contributed by atoms with van der Waals surface area (Å²) in [6, 6.07) is 14.7. The number of oxazole rings is 1. The number of nitrogens with one attached hydrogen (secondary N) is 1. The van der Waals surface area contributed by atoms with Crippen molar-refractivity contribution in [3.8, 4) is 17.2 Å². The molecule has 3 aromatic carbocycles. The Bertz CT molecular complexity index is 1410. The molecule has 0 saturated carbocycles. The molecule has 1 fully saturated rings. The molecule has 2 N–H and O–H groups in total. The topological polar surface area (TPSA) is 131 Å². The summed E-state index contributed by atoms with van der Waals surface area (Å²) in [5.41, 5.74) is 3.02. The number of nitro groups is 1. The van der Waals surface area contributed by atoms with Crippen LogP contribution in [0.5, 0.6) is 5.75 Å². The van der Waals surface area contributed by atoms with Crippen LogP contribution in [0.2, 0.25) is 0 Å². The number of phenolic OH excluding ortho intramolecular Hbond substituents is 1. The number of hydrogen-bond donors (Lipinski definition) is 2. The third-order valence-corrected chi connectivity index (χ3v) is 5.87. The normalized spacial score (nSPS) is 13.7. The molecule has 4 aromatic rings. The molecule has 1 aliphatic rings. The van der Waals surface area contributed by atoms with Gasteiger partial charge in [0.1, 0.15) is 11.3 Å². The van der Waals surface area contributed by atoms with Crippen LogP contribution in [0.1, 0.15) is 15.9 Å². The van der Waals surface area contributed by atoms with E-state index in [0.29, 0.717) is 59.9 Å². The van der Waals surface area contributed by atoms with E-state index in [-0.39, 0.29) is 22.9 Å². The van der Waals surface area contributed by atoms with Gasteiger partial charge in [-0.1, -0.05) is 12.1 Å². The van der Waals surface area contributed by atoms with Crippen molar-refractivity contribution in [2.75, 3.05) is 36.5 Å². The zero-order valence-electron chi connectivity index (χ0n) is 18.9. The number of anilines is 2. The third-order valence-electron chi connectivity index (χ3n) is 5.87. The van der Waals surface area contributed by atoms with Crippen molar-refractivity contribution in [2.45, 2.75) is 6.92 Å². The summed E-state index contributed by atoms with van der Waals surface area (Å²) >= 11 is 0. The minimum atomic E-state index is -0.532. The Morgan fingerprint density at radius 3 is 2.66 bits per heavy atom. The molecule has 1 aliphatic heterocycles. The Balaban J connectivity index is 1.51. The number of hydrogen-bond acceptors (Lipinski definition) is 8. The maximum absolute atomic E-state index is 13.3. The molecule has 0 radical (unpaired) electrons. The first-order chi connectivity index (χ1) is 16.9. The van der Waals surface area contributed by atoms with Crippen molar-refractivity contribution < 1.29 is 24.0 Å². The number of aromatic hydroxyl groups is 1. The molecule has 178 valence electrons. The van der Waals surface area contributed by atoms with E-state index in [1.165, 1.54) is 12.1 Å². The average Bonchev–Trinajstić information content (AvgIpc) is 3.30. The van der Waals surface area contributed by atoms with Crippen LogP contribution in [0.3, 0.4) is 0 Å². The van der Waals surface area contributed by atoms with Gasteiger partial charge in [0, 0.05) is 30.9 Å². The standard InChI is InChI=1S/C25H22N4O6/c1-15-12-16(13-19(23(15)30)25-27-20-4-2-3-5-22(20)35-25)26-24(31)18-14-17(29(32)33)6-7-21(18)28-8-10-34-11-9-28/h2-7,12-14,30H,8-11H2,1H3,(H,26,31). The lowest BCUT2D eigenvalue weighted by Gasteiger charge is -2.30. The Morgan fingerprint density at radius 2 is 1.91 bits per heavy atom. The van der Waals surface area contributed by atoms with Crippen molar-refractivity contribution in [1.29, 1.82) is 0 Å². The minimum Gasteiger partial charge on any atom is -0.507 e. The number of aryl methyl sites for hydroxylation is 1. The number of fused-ring (bicyclic) bond motifs is 1. The highest BCUT2D eigenvalue weighted by atomic mass is 16.6. The van der Waals surface area contributed by atoms with Crippen molar-refractivity contribution in [3.63, 3.8) is 0 Å². The molecule has 1 amide bonds. The highest BCUT2D eigenvalue weighted by Crippen LogP contribution is 2.36. The van der Waals surface area contributed by atoms with Crippen LogP contribution < -0.4 is 10.2 Å². The summed E-state index contributed by atoms with van der Waals surface area (Å²) in [5.74, 6) is -0.310. The third kappa shape index (κ3) is 4.38. The highest BCUT2D eigenvalue weighted by Gasteiger charge is 2.23. The first-order valence-electron chi connectivity index (χ1n) is 11.0. The van der Waals surface area contributed by atoms with E-state index >= 15 is 0 Å². The molecular weight excluding hydrogens is 452 g/mol. The van der Waals surface area contributed by atoms with Crippen molar-refractivity contribution in [3.05, 3.63) is 75.8 Å². The summed E-state index contributed by atoms with van der Waals surface area (Å²) in [5, 5.41) is 24.8. The maximum atomic E-state index is 13.3. The van der Waals surface area contributed by atoms with E-state index in [1.54, 1.807) is 37.3 Å². The molecular formula is C25H22N4O6. The van der Waals surface area contributed by atoms with Crippen LogP contribution in [0.25, 0.3) is 22.6 Å². The lowest BCUT2D eigenvalue weighted by molar-refractivity contribution is -0.384. The fourth-order valence-corrected chi connectivity index (χ4v) is 4.10. The van der Waals surface area contributed by atoms with E-state index in [1.807, 2.05) is 17.0 Å². The van der Waals surface area contributed by atoms with Gasteiger partial charge in [0.2, 0.25) is 5.89 Å². The molecule has 10 heteroatoms. The lowest BCUT2D eigenvalue weighted by Crippen LogP contribution is -2.37. The van der Waals surface area contributed by atoms with Crippen LogP contribution in [0, 0.1) is 17.0 Å². The summed E-state index contributed by atoms with van der Waals surface area (Å²) in [6.45, 7) is 3.84. The molecule has 35 heavy (non-hydrogen) atoms. The van der Waals surface area contributed by atoms with E-state index in [4.69, 9.17) is 9.15 Å². The van der Waals surface area contributed by atoms with Crippen LogP contribution >= 0.6 is 0 Å².